The van der Waals surface area contributed by atoms with Gasteiger partial charge in [0.25, 0.3) is 0 Å². The summed E-state index contributed by atoms with van der Waals surface area (Å²) in [6.45, 7) is 8.95. The monoisotopic (exact) mass is 923 g/mol. The average molecular weight is 923 g/mol. The number of rotatable bonds is 11. The van der Waals surface area contributed by atoms with Crippen molar-refractivity contribution in [2.24, 2.45) is 11.8 Å². The molecule has 2 saturated heterocycles. The second-order valence-electron chi connectivity index (χ2n) is 20.6. The second-order valence-corrected chi connectivity index (χ2v) is 20.6. The van der Waals surface area contributed by atoms with Gasteiger partial charge in [0.1, 0.15) is 23.7 Å². The van der Waals surface area contributed by atoms with Crippen molar-refractivity contribution in [3.63, 3.8) is 0 Å². The van der Waals surface area contributed by atoms with Crippen LogP contribution in [-0.4, -0.2) is 93.1 Å². The van der Waals surface area contributed by atoms with E-state index in [0.717, 1.165) is 79.7 Å². The molecule has 14 heteroatoms. The van der Waals surface area contributed by atoms with Crippen LogP contribution in [0.2, 0.25) is 0 Å². The van der Waals surface area contributed by atoms with Crippen LogP contribution in [0, 0.1) is 11.8 Å². The lowest BCUT2D eigenvalue weighted by Gasteiger charge is -2.30. The van der Waals surface area contributed by atoms with Crippen molar-refractivity contribution in [1.29, 1.82) is 0 Å². The van der Waals surface area contributed by atoms with Crippen LogP contribution in [0.5, 0.6) is 0 Å². The highest BCUT2D eigenvalue weighted by Crippen LogP contribution is 2.56. The molecule has 4 N–H and O–H groups in total. The number of aromatic amines is 2. The van der Waals surface area contributed by atoms with Gasteiger partial charge in [-0.3, -0.25) is 9.59 Å². The Balaban J connectivity index is 0.954. The number of H-pyrrole nitrogens is 2. The van der Waals surface area contributed by atoms with Gasteiger partial charge < -0.3 is 39.9 Å². The summed E-state index contributed by atoms with van der Waals surface area (Å²) in [6, 6.07) is 14.2. The Bertz CT molecular complexity index is 2770. The van der Waals surface area contributed by atoms with Gasteiger partial charge in [-0.25, -0.2) is 19.6 Å². The highest BCUT2D eigenvalue weighted by molar-refractivity contribution is 5.89. The van der Waals surface area contributed by atoms with Crippen LogP contribution >= 0.6 is 0 Å². The molecule has 0 radical (unpaired) electrons. The molecule has 68 heavy (non-hydrogen) atoms. The second kappa shape index (κ2) is 18.4. The maximum Gasteiger partial charge on any atom is 0.407 e. The van der Waals surface area contributed by atoms with E-state index in [0.29, 0.717) is 13.1 Å². The number of fused-ring (bicyclic) bond motifs is 4. The van der Waals surface area contributed by atoms with E-state index in [9.17, 15) is 19.2 Å². The molecule has 1 saturated carbocycles. The fraction of sp³-hybridized carbons (Fsp3) is 0.519. The highest BCUT2D eigenvalue weighted by atomic mass is 16.5. The zero-order valence-electron chi connectivity index (χ0n) is 40.4. The number of benzene rings is 3. The molecule has 4 atom stereocenters. The lowest BCUT2D eigenvalue weighted by molar-refractivity contribution is -0.136. The van der Waals surface area contributed by atoms with Crippen molar-refractivity contribution in [1.82, 2.24) is 40.4 Å². The minimum absolute atomic E-state index is 0.101. The number of nitrogens with one attached hydrogen (secondary N) is 4. The lowest BCUT2D eigenvalue weighted by Crippen LogP contribution is -2.51. The number of likely N-dealkylation sites (tertiary alicyclic amines) is 2. The summed E-state index contributed by atoms with van der Waals surface area (Å²) in [5.41, 5.74) is 15.2. The maximum atomic E-state index is 13.9. The third kappa shape index (κ3) is 8.00. The molecule has 1 spiro atoms. The average Bonchev–Trinajstić information content (AvgIpc) is 4.20. The summed E-state index contributed by atoms with van der Waals surface area (Å²) in [7, 11) is 2.63. The minimum atomic E-state index is -0.688. The summed E-state index contributed by atoms with van der Waals surface area (Å²) >= 11 is 0. The fourth-order valence-electron chi connectivity index (χ4n) is 12.6. The molecule has 2 aromatic heterocycles. The molecule has 4 heterocycles. The number of ether oxygens (including phenoxy) is 2. The number of hydrogen-bond acceptors (Lipinski definition) is 8. The molecule has 3 fully saturated rings. The smallest absolute Gasteiger partial charge is 0.407 e. The van der Waals surface area contributed by atoms with Gasteiger partial charge in [0.2, 0.25) is 11.8 Å². The van der Waals surface area contributed by atoms with E-state index in [2.05, 4.69) is 63.1 Å². The van der Waals surface area contributed by atoms with Crippen LogP contribution in [0.15, 0.2) is 48.7 Å². The first-order chi connectivity index (χ1) is 32.9. The van der Waals surface area contributed by atoms with Crippen molar-refractivity contribution in [2.75, 3.05) is 27.3 Å². The topological polar surface area (TPSA) is 175 Å². The Morgan fingerprint density at radius 3 is 1.85 bits per heavy atom. The molecule has 10 rings (SSSR count). The van der Waals surface area contributed by atoms with E-state index in [1.807, 2.05) is 43.7 Å². The number of aromatic nitrogens is 4. The third-order valence-corrected chi connectivity index (χ3v) is 16.0. The Labute approximate surface area is 398 Å². The minimum Gasteiger partial charge on any atom is -0.453 e. The molecular weight excluding hydrogens is 857 g/mol. The van der Waals surface area contributed by atoms with Crippen molar-refractivity contribution in [3.05, 3.63) is 82.6 Å². The van der Waals surface area contributed by atoms with Gasteiger partial charge in [0, 0.05) is 18.7 Å². The number of amides is 4. The first-order valence-electron chi connectivity index (χ1n) is 25.1. The third-order valence-electron chi connectivity index (χ3n) is 16.0. The van der Waals surface area contributed by atoms with Crippen LogP contribution in [0.25, 0.3) is 44.5 Å². The summed E-state index contributed by atoms with van der Waals surface area (Å²) in [6.07, 6.45) is 14.3. The quantitative estimate of drug-likeness (QED) is 0.101. The molecule has 0 unspecified atom stereocenters. The Morgan fingerprint density at radius 1 is 0.662 bits per heavy atom. The van der Waals surface area contributed by atoms with Gasteiger partial charge in [-0.1, -0.05) is 70.9 Å². The number of methoxy groups -OCH3 is 2. The van der Waals surface area contributed by atoms with Crippen LogP contribution < -0.4 is 10.6 Å². The molecule has 2 aliphatic heterocycles. The number of carbonyl (C=O) groups is 4. The predicted octanol–water partition coefficient (Wildman–Crippen LogP) is 9.62. The Hall–Kier alpha value is -6.18. The van der Waals surface area contributed by atoms with Crippen LogP contribution in [0.3, 0.4) is 0 Å². The van der Waals surface area contributed by atoms with Crippen molar-refractivity contribution in [3.8, 4) is 33.5 Å². The van der Waals surface area contributed by atoms with Gasteiger partial charge in [0.05, 0.1) is 49.2 Å². The molecule has 5 aliphatic rings. The number of hydrogen-bond donors (Lipinski definition) is 4. The highest BCUT2D eigenvalue weighted by Gasteiger charge is 2.44. The van der Waals surface area contributed by atoms with Crippen LogP contribution in [0.4, 0.5) is 9.59 Å². The Morgan fingerprint density at radius 2 is 1.24 bits per heavy atom. The molecule has 14 nitrogen and oxygen atoms in total. The van der Waals surface area contributed by atoms with Gasteiger partial charge in [0.15, 0.2) is 0 Å². The summed E-state index contributed by atoms with van der Waals surface area (Å²) < 4.78 is 9.69. The molecule has 3 aromatic carbocycles. The Kier molecular flexibility index (Phi) is 12.3. The molecule has 0 bridgehead atoms. The van der Waals surface area contributed by atoms with E-state index >= 15 is 0 Å². The van der Waals surface area contributed by atoms with Gasteiger partial charge >= 0.3 is 12.2 Å². The van der Waals surface area contributed by atoms with Crippen molar-refractivity contribution in [2.45, 2.75) is 141 Å². The molecule has 3 aliphatic carbocycles. The van der Waals surface area contributed by atoms with E-state index in [4.69, 9.17) is 19.4 Å². The fourth-order valence-corrected chi connectivity index (χ4v) is 12.6. The zero-order valence-corrected chi connectivity index (χ0v) is 40.4. The van der Waals surface area contributed by atoms with Crippen LogP contribution in [0.1, 0.15) is 138 Å². The molecule has 5 aromatic rings. The van der Waals surface area contributed by atoms with Gasteiger partial charge in [-0.15, -0.1) is 0 Å². The molecule has 4 amide bonds. The van der Waals surface area contributed by atoms with Crippen molar-refractivity contribution >= 4 is 35.0 Å². The van der Waals surface area contributed by atoms with E-state index in [1.54, 1.807) is 0 Å². The van der Waals surface area contributed by atoms with E-state index in [1.165, 1.54) is 96.4 Å². The van der Waals surface area contributed by atoms with Crippen LogP contribution in [-0.2, 0) is 43.7 Å². The summed E-state index contributed by atoms with van der Waals surface area (Å²) in [4.78, 5) is 73.1. The number of alkyl carbamates (subject to hydrolysis) is 2. The normalized spacial score (nSPS) is 20.4. The predicted molar refractivity (Wildman–Crippen MR) is 261 cm³/mol. The zero-order chi connectivity index (χ0) is 47.4. The number of nitrogens with zero attached hydrogens (tertiary/aromatic N) is 4. The SMILES string of the molecule is COC(=O)N[C@H](C(=O)N1CCC[C@H]1c1ncc(-c2ccc(-c3ccc(-c4ccc5nc([C@@H]6CCCN6C(=O)[C@H](NC(=O)OC)C(C)C)[nH]c5c4)c4c3CCC43CCCC3)c3c2CCC3)[nH]1)C(C)C. The van der Waals surface area contributed by atoms with Gasteiger partial charge in [-0.05, 0) is 145 Å². The van der Waals surface area contributed by atoms with E-state index in [-0.39, 0.29) is 41.1 Å². The van der Waals surface area contributed by atoms with Gasteiger partial charge in [-0.2, -0.15) is 0 Å². The first kappa shape index (κ1) is 45.6. The molecule has 358 valence electrons. The maximum absolute atomic E-state index is 13.9. The van der Waals surface area contributed by atoms with E-state index < -0.39 is 24.3 Å². The standard InChI is InChI=1S/C54H66N8O6/c1-30(2)46(59-52(65)67-5)50(63)61-26-10-14-43(61)48-55-29-42(58-48)38-20-19-36(34-12-9-13-35(34)38)37-18-17-33(45-39(37)22-25-54(45)23-7-8-24-54)32-16-21-40-41(28-32)57-49(56-40)44-15-11-27-62(44)51(64)47(31(3)4)60-53(66)68-6/h16-21,28-31,43-44,46-47H,7-15,22-27H2,1-6H3,(H,55,58)(H,56,57)(H,59,65)(H,60,66)/t43-,44-,46-,47+/m0/s1. The van der Waals surface area contributed by atoms with Crippen molar-refractivity contribution < 1.29 is 28.7 Å². The lowest BCUT2D eigenvalue weighted by atomic mass is 9.76. The summed E-state index contributed by atoms with van der Waals surface area (Å²) in [5, 5.41) is 5.52. The number of imidazole rings is 2. The number of carbonyl (C=O) groups excluding carboxylic acids is 4. The summed E-state index contributed by atoms with van der Waals surface area (Å²) in [5.74, 6) is 1.13. The first-order valence-corrected chi connectivity index (χ1v) is 25.1. The largest absolute Gasteiger partial charge is 0.453 e. The molecular formula is C54H66N8O6.